The van der Waals surface area contributed by atoms with Crippen LogP contribution in [0.2, 0.25) is 0 Å². The third kappa shape index (κ3) is 3.19. The molecule has 19 heavy (non-hydrogen) atoms. The number of rotatable bonds is 3. The Morgan fingerprint density at radius 1 is 1.26 bits per heavy atom. The summed E-state index contributed by atoms with van der Waals surface area (Å²) in [5, 5.41) is 11.6. The Hall–Kier alpha value is -1.72. The largest absolute Gasteiger partial charge is 0.481 e. The molecule has 0 aromatic heterocycles. The summed E-state index contributed by atoms with van der Waals surface area (Å²) >= 11 is 0. The number of hydrogen-bond donors (Lipinski definition) is 2. The summed E-state index contributed by atoms with van der Waals surface area (Å²) in [6, 6.07) is 1.06. The third-order valence-corrected chi connectivity index (χ3v) is 3.38. The van der Waals surface area contributed by atoms with Crippen molar-refractivity contribution in [3.63, 3.8) is 0 Å². The second-order valence-electron chi connectivity index (χ2n) is 4.79. The Morgan fingerprint density at radius 3 is 2.68 bits per heavy atom. The molecule has 0 bridgehead atoms. The van der Waals surface area contributed by atoms with E-state index >= 15 is 0 Å². The SMILES string of the molecule is O=C(O)C1CCCC(Nc2cc(F)cc(F)c2F)C1. The molecule has 3 nitrogen and oxygen atoms in total. The minimum Gasteiger partial charge on any atom is -0.481 e. The molecule has 2 unspecified atom stereocenters. The van der Waals surface area contributed by atoms with Crippen LogP contribution in [0.1, 0.15) is 25.7 Å². The monoisotopic (exact) mass is 273 g/mol. The van der Waals surface area contributed by atoms with E-state index in [-0.39, 0.29) is 11.7 Å². The van der Waals surface area contributed by atoms with Gasteiger partial charge in [0.2, 0.25) is 0 Å². The summed E-state index contributed by atoms with van der Waals surface area (Å²) < 4.78 is 39.5. The molecule has 1 aromatic carbocycles. The number of halogens is 3. The first-order valence-corrected chi connectivity index (χ1v) is 6.11. The molecule has 1 aliphatic carbocycles. The zero-order valence-corrected chi connectivity index (χ0v) is 10.1. The second kappa shape index (κ2) is 5.50. The van der Waals surface area contributed by atoms with Crippen molar-refractivity contribution in [1.82, 2.24) is 0 Å². The molecule has 1 aromatic rings. The molecular weight excluding hydrogens is 259 g/mol. The van der Waals surface area contributed by atoms with Gasteiger partial charge in [0.05, 0.1) is 11.6 Å². The van der Waals surface area contributed by atoms with Crippen molar-refractivity contribution in [2.75, 3.05) is 5.32 Å². The van der Waals surface area contributed by atoms with E-state index in [9.17, 15) is 18.0 Å². The van der Waals surface area contributed by atoms with Crippen molar-refractivity contribution in [3.05, 3.63) is 29.6 Å². The molecule has 1 saturated carbocycles. The third-order valence-electron chi connectivity index (χ3n) is 3.38. The topological polar surface area (TPSA) is 49.3 Å². The molecule has 6 heteroatoms. The first-order chi connectivity index (χ1) is 8.97. The fourth-order valence-corrected chi connectivity index (χ4v) is 2.43. The van der Waals surface area contributed by atoms with Crippen LogP contribution >= 0.6 is 0 Å². The van der Waals surface area contributed by atoms with Gasteiger partial charge in [-0.25, -0.2) is 13.2 Å². The van der Waals surface area contributed by atoms with Gasteiger partial charge in [-0.05, 0) is 19.3 Å². The number of carboxylic acids is 1. The molecule has 0 saturated heterocycles. The van der Waals surface area contributed by atoms with E-state index in [1.165, 1.54) is 0 Å². The van der Waals surface area contributed by atoms with Gasteiger partial charge in [-0.1, -0.05) is 6.42 Å². The highest BCUT2D eigenvalue weighted by molar-refractivity contribution is 5.70. The number of carboxylic acid groups (broad SMARTS) is 1. The average molecular weight is 273 g/mol. The van der Waals surface area contributed by atoms with Gasteiger partial charge in [-0.3, -0.25) is 4.79 Å². The molecule has 0 amide bonds. The zero-order valence-electron chi connectivity index (χ0n) is 10.1. The summed E-state index contributed by atoms with van der Waals surface area (Å²) in [6.45, 7) is 0. The van der Waals surface area contributed by atoms with Gasteiger partial charge in [0.15, 0.2) is 11.6 Å². The zero-order chi connectivity index (χ0) is 14.0. The van der Waals surface area contributed by atoms with Crippen molar-refractivity contribution < 1.29 is 23.1 Å². The fraction of sp³-hybridized carbons (Fsp3) is 0.462. The first kappa shape index (κ1) is 13.7. The van der Waals surface area contributed by atoms with Crippen LogP contribution in [0.15, 0.2) is 12.1 Å². The minimum atomic E-state index is -1.26. The number of benzene rings is 1. The standard InChI is InChI=1S/C13H14F3NO2/c14-8-5-10(15)12(16)11(6-8)17-9-3-1-2-7(4-9)13(18)19/h5-7,9,17H,1-4H2,(H,18,19). The predicted molar refractivity (Wildman–Crippen MR) is 63.3 cm³/mol. The Morgan fingerprint density at radius 2 is 2.00 bits per heavy atom. The highest BCUT2D eigenvalue weighted by atomic mass is 19.2. The van der Waals surface area contributed by atoms with Crippen molar-refractivity contribution in [1.29, 1.82) is 0 Å². The van der Waals surface area contributed by atoms with Crippen LogP contribution in [0.4, 0.5) is 18.9 Å². The van der Waals surface area contributed by atoms with Gasteiger partial charge in [0.1, 0.15) is 5.82 Å². The van der Waals surface area contributed by atoms with Gasteiger partial charge >= 0.3 is 5.97 Å². The van der Waals surface area contributed by atoms with Crippen LogP contribution in [0.5, 0.6) is 0 Å². The van der Waals surface area contributed by atoms with Crippen molar-refractivity contribution >= 4 is 11.7 Å². The quantitative estimate of drug-likeness (QED) is 0.832. The molecule has 2 atom stereocenters. The fourth-order valence-electron chi connectivity index (χ4n) is 2.43. The van der Waals surface area contributed by atoms with Crippen LogP contribution in [0.25, 0.3) is 0 Å². The molecule has 0 spiro atoms. The van der Waals surface area contributed by atoms with Crippen LogP contribution in [0, 0.1) is 23.4 Å². The second-order valence-corrected chi connectivity index (χ2v) is 4.79. The van der Waals surface area contributed by atoms with E-state index < -0.39 is 29.3 Å². The number of aliphatic carboxylic acids is 1. The lowest BCUT2D eigenvalue weighted by Gasteiger charge is -2.28. The lowest BCUT2D eigenvalue weighted by Crippen LogP contribution is -2.31. The maximum atomic E-state index is 13.5. The molecule has 1 aliphatic rings. The van der Waals surface area contributed by atoms with E-state index in [2.05, 4.69) is 5.32 Å². The Bertz CT molecular complexity index is 493. The number of anilines is 1. The predicted octanol–water partition coefficient (Wildman–Crippen LogP) is 3.16. The molecule has 1 fully saturated rings. The summed E-state index contributed by atoms with van der Waals surface area (Å²) in [4.78, 5) is 10.9. The van der Waals surface area contributed by atoms with Crippen LogP contribution in [-0.2, 0) is 4.79 Å². The van der Waals surface area contributed by atoms with E-state index in [1.54, 1.807) is 0 Å². The van der Waals surface area contributed by atoms with Gasteiger partial charge in [-0.15, -0.1) is 0 Å². The van der Waals surface area contributed by atoms with Crippen LogP contribution < -0.4 is 5.32 Å². The molecule has 0 radical (unpaired) electrons. The van der Waals surface area contributed by atoms with Crippen LogP contribution in [0.3, 0.4) is 0 Å². The summed E-state index contributed by atoms with van der Waals surface area (Å²) in [6.07, 6.45) is 2.25. The highest BCUT2D eigenvalue weighted by Crippen LogP contribution is 2.28. The summed E-state index contributed by atoms with van der Waals surface area (Å²) in [5.74, 6) is -4.65. The summed E-state index contributed by atoms with van der Waals surface area (Å²) in [5.41, 5.74) is -0.256. The first-order valence-electron chi connectivity index (χ1n) is 6.11. The van der Waals surface area contributed by atoms with Crippen LogP contribution in [-0.4, -0.2) is 17.1 Å². The lowest BCUT2D eigenvalue weighted by molar-refractivity contribution is -0.142. The maximum absolute atomic E-state index is 13.5. The molecule has 2 rings (SSSR count). The molecule has 0 heterocycles. The normalized spacial score (nSPS) is 23.1. The van der Waals surface area contributed by atoms with Crippen molar-refractivity contribution in [2.24, 2.45) is 5.92 Å². The molecule has 2 N–H and O–H groups in total. The van der Waals surface area contributed by atoms with Gasteiger partial charge < -0.3 is 10.4 Å². The average Bonchev–Trinajstić information content (AvgIpc) is 2.35. The van der Waals surface area contributed by atoms with E-state index in [0.717, 1.165) is 6.07 Å². The van der Waals surface area contributed by atoms with E-state index in [0.29, 0.717) is 31.7 Å². The molecule has 104 valence electrons. The molecular formula is C13H14F3NO2. The Labute approximate surface area is 108 Å². The Balaban J connectivity index is 2.11. The number of hydrogen-bond acceptors (Lipinski definition) is 2. The summed E-state index contributed by atoms with van der Waals surface area (Å²) in [7, 11) is 0. The van der Waals surface area contributed by atoms with Gasteiger partial charge in [0.25, 0.3) is 0 Å². The number of nitrogens with one attached hydrogen (secondary N) is 1. The number of carbonyl (C=O) groups is 1. The van der Waals surface area contributed by atoms with E-state index in [1.807, 2.05) is 0 Å². The smallest absolute Gasteiger partial charge is 0.306 e. The van der Waals surface area contributed by atoms with Crippen molar-refractivity contribution in [2.45, 2.75) is 31.7 Å². The highest BCUT2D eigenvalue weighted by Gasteiger charge is 2.27. The van der Waals surface area contributed by atoms with Gasteiger partial charge in [-0.2, -0.15) is 0 Å². The van der Waals surface area contributed by atoms with Crippen molar-refractivity contribution in [3.8, 4) is 0 Å². The molecule has 0 aliphatic heterocycles. The van der Waals surface area contributed by atoms with E-state index in [4.69, 9.17) is 5.11 Å². The lowest BCUT2D eigenvalue weighted by atomic mass is 9.85. The minimum absolute atomic E-state index is 0.256. The maximum Gasteiger partial charge on any atom is 0.306 e. The Kier molecular flexibility index (Phi) is 3.97. The van der Waals surface area contributed by atoms with Gasteiger partial charge in [0, 0.05) is 18.2 Å².